The van der Waals surface area contributed by atoms with Gasteiger partial charge >= 0.3 is 0 Å². The fourth-order valence-corrected chi connectivity index (χ4v) is 2.52. The van der Waals surface area contributed by atoms with Crippen LogP contribution in [0, 0.1) is 0 Å². The lowest BCUT2D eigenvalue weighted by molar-refractivity contribution is -0.181. The average Bonchev–Trinajstić information content (AvgIpc) is 2.74. The van der Waals surface area contributed by atoms with Crippen LogP contribution in [0.3, 0.4) is 0 Å². The Balaban J connectivity index is 1.58. The van der Waals surface area contributed by atoms with Gasteiger partial charge in [-0.25, -0.2) is 5.06 Å². The summed E-state index contributed by atoms with van der Waals surface area (Å²) < 4.78 is 0. The molecule has 0 saturated carbocycles. The molecule has 0 fully saturated rings. The summed E-state index contributed by atoms with van der Waals surface area (Å²) in [6, 6.07) is 14.1. The Labute approximate surface area is 167 Å². The summed E-state index contributed by atoms with van der Waals surface area (Å²) in [5.74, 6) is -0.754. The van der Waals surface area contributed by atoms with E-state index in [9.17, 15) is 19.8 Å². The van der Waals surface area contributed by atoms with E-state index in [0.717, 1.165) is 22.3 Å². The van der Waals surface area contributed by atoms with Crippen molar-refractivity contribution in [2.24, 2.45) is 0 Å². The normalized spacial score (nSPS) is 10.3. The number of hydroxylamine groups is 2. The lowest BCUT2D eigenvalue weighted by atomic mass is 10.1. The highest BCUT2D eigenvalue weighted by Gasteiger charge is 2.11. The highest BCUT2D eigenvalue weighted by molar-refractivity contribution is 6.05. The lowest BCUT2D eigenvalue weighted by Gasteiger charge is -2.17. The average molecular weight is 393 g/mol. The molecule has 2 aromatic carbocycles. The van der Waals surface area contributed by atoms with Crippen molar-refractivity contribution in [2.45, 2.75) is 13.2 Å². The van der Waals surface area contributed by atoms with Gasteiger partial charge in [0.05, 0.1) is 12.2 Å². The molecule has 1 heterocycles. The SMILES string of the molecule is O=CN(Cc1ccc(C(=O)Nc2ccc(O)cc2O)cc1)OCc1cccnc1. The summed E-state index contributed by atoms with van der Waals surface area (Å²) in [5, 5.41) is 22.8. The van der Waals surface area contributed by atoms with Gasteiger partial charge in [-0.05, 0) is 41.5 Å². The predicted molar refractivity (Wildman–Crippen MR) is 105 cm³/mol. The van der Waals surface area contributed by atoms with E-state index in [1.54, 1.807) is 42.7 Å². The van der Waals surface area contributed by atoms with Crippen LogP contribution in [0.5, 0.6) is 11.5 Å². The molecule has 0 spiro atoms. The number of phenols is 2. The Kier molecular flexibility index (Phi) is 6.39. The highest BCUT2D eigenvalue weighted by Crippen LogP contribution is 2.27. The minimum atomic E-state index is -0.419. The van der Waals surface area contributed by atoms with E-state index in [1.807, 2.05) is 6.07 Å². The number of aromatic hydroxyl groups is 2. The van der Waals surface area contributed by atoms with Crippen molar-refractivity contribution >= 4 is 18.0 Å². The summed E-state index contributed by atoms with van der Waals surface area (Å²) in [7, 11) is 0. The van der Waals surface area contributed by atoms with Crippen molar-refractivity contribution in [2.75, 3.05) is 5.32 Å². The largest absolute Gasteiger partial charge is 0.508 e. The number of hydrogen-bond acceptors (Lipinski definition) is 6. The van der Waals surface area contributed by atoms with E-state index in [4.69, 9.17) is 4.84 Å². The molecule has 3 aromatic rings. The van der Waals surface area contributed by atoms with Crippen molar-refractivity contribution in [3.63, 3.8) is 0 Å². The molecule has 0 atom stereocenters. The number of hydrogen-bond donors (Lipinski definition) is 3. The molecule has 29 heavy (non-hydrogen) atoms. The first kappa shape index (κ1) is 19.8. The van der Waals surface area contributed by atoms with Gasteiger partial charge in [0.15, 0.2) is 0 Å². The molecule has 0 aliphatic rings. The van der Waals surface area contributed by atoms with E-state index in [-0.39, 0.29) is 30.3 Å². The molecule has 0 aliphatic heterocycles. The fraction of sp³-hybridized carbons (Fsp3) is 0.0952. The number of amides is 2. The van der Waals surface area contributed by atoms with Gasteiger partial charge in [0.25, 0.3) is 5.91 Å². The van der Waals surface area contributed by atoms with Gasteiger partial charge in [0.1, 0.15) is 18.1 Å². The first-order valence-corrected chi connectivity index (χ1v) is 8.71. The van der Waals surface area contributed by atoms with Crippen molar-refractivity contribution in [3.8, 4) is 11.5 Å². The number of aromatic nitrogens is 1. The molecule has 8 heteroatoms. The zero-order valence-corrected chi connectivity index (χ0v) is 15.4. The second-order valence-electron chi connectivity index (χ2n) is 6.17. The molecule has 1 aromatic heterocycles. The van der Waals surface area contributed by atoms with Crippen molar-refractivity contribution in [3.05, 3.63) is 83.7 Å². The maximum absolute atomic E-state index is 12.3. The number of nitrogens with one attached hydrogen (secondary N) is 1. The highest BCUT2D eigenvalue weighted by atomic mass is 16.7. The quantitative estimate of drug-likeness (QED) is 0.235. The molecule has 0 saturated heterocycles. The lowest BCUT2D eigenvalue weighted by Crippen LogP contribution is -2.21. The summed E-state index contributed by atoms with van der Waals surface area (Å²) in [5.41, 5.74) is 2.17. The number of carbonyl (C=O) groups is 2. The van der Waals surface area contributed by atoms with Gasteiger partial charge in [-0.15, -0.1) is 0 Å². The van der Waals surface area contributed by atoms with Crippen LogP contribution in [0.1, 0.15) is 21.5 Å². The summed E-state index contributed by atoms with van der Waals surface area (Å²) >= 11 is 0. The number of benzene rings is 2. The summed E-state index contributed by atoms with van der Waals surface area (Å²) in [6.07, 6.45) is 3.90. The zero-order valence-electron chi connectivity index (χ0n) is 15.4. The molecule has 3 N–H and O–H groups in total. The Morgan fingerprint density at radius 1 is 1.10 bits per heavy atom. The fourth-order valence-electron chi connectivity index (χ4n) is 2.52. The number of pyridine rings is 1. The second kappa shape index (κ2) is 9.34. The summed E-state index contributed by atoms with van der Waals surface area (Å²) in [6.45, 7) is 0.424. The molecular formula is C21H19N3O5. The Morgan fingerprint density at radius 3 is 2.55 bits per heavy atom. The number of anilines is 1. The third-order valence-electron chi connectivity index (χ3n) is 4.02. The van der Waals surface area contributed by atoms with Crippen molar-refractivity contribution < 1.29 is 24.6 Å². The summed E-state index contributed by atoms with van der Waals surface area (Å²) in [4.78, 5) is 33.0. The molecule has 3 rings (SSSR count). The van der Waals surface area contributed by atoms with Crippen LogP contribution in [0.2, 0.25) is 0 Å². The molecule has 0 unspecified atom stereocenters. The molecular weight excluding hydrogens is 374 g/mol. The maximum Gasteiger partial charge on any atom is 0.255 e. The van der Waals surface area contributed by atoms with Crippen molar-refractivity contribution in [1.29, 1.82) is 0 Å². The van der Waals surface area contributed by atoms with Crippen LogP contribution in [-0.4, -0.2) is 32.6 Å². The first-order valence-electron chi connectivity index (χ1n) is 8.71. The van der Waals surface area contributed by atoms with Crippen LogP contribution < -0.4 is 5.32 Å². The number of carbonyl (C=O) groups excluding carboxylic acids is 2. The van der Waals surface area contributed by atoms with E-state index in [0.29, 0.717) is 12.0 Å². The van der Waals surface area contributed by atoms with Crippen molar-refractivity contribution in [1.82, 2.24) is 10.0 Å². The molecule has 2 amide bonds. The van der Waals surface area contributed by atoms with Crippen LogP contribution in [0.25, 0.3) is 0 Å². The topological polar surface area (TPSA) is 112 Å². The number of rotatable bonds is 8. The molecule has 0 bridgehead atoms. The monoisotopic (exact) mass is 393 g/mol. The molecule has 148 valence electrons. The van der Waals surface area contributed by atoms with Crippen LogP contribution in [0.15, 0.2) is 67.0 Å². The third kappa shape index (κ3) is 5.53. The minimum Gasteiger partial charge on any atom is -0.508 e. The Bertz CT molecular complexity index is 977. The molecule has 0 radical (unpaired) electrons. The maximum atomic E-state index is 12.3. The van der Waals surface area contributed by atoms with E-state index in [1.165, 1.54) is 12.1 Å². The Morgan fingerprint density at radius 2 is 1.90 bits per heavy atom. The van der Waals surface area contributed by atoms with Gasteiger partial charge < -0.3 is 15.5 Å². The van der Waals surface area contributed by atoms with E-state index >= 15 is 0 Å². The van der Waals surface area contributed by atoms with E-state index < -0.39 is 5.91 Å². The smallest absolute Gasteiger partial charge is 0.255 e. The van der Waals surface area contributed by atoms with Gasteiger partial charge in [-0.2, -0.15) is 0 Å². The third-order valence-corrected chi connectivity index (χ3v) is 4.02. The van der Waals surface area contributed by atoms with Gasteiger partial charge in [0, 0.05) is 24.0 Å². The molecule has 8 nitrogen and oxygen atoms in total. The minimum absolute atomic E-state index is 0.102. The predicted octanol–water partition coefficient (Wildman–Crippen LogP) is 2.84. The van der Waals surface area contributed by atoms with Crippen LogP contribution in [0.4, 0.5) is 5.69 Å². The number of phenolic OH excluding ortho intramolecular Hbond substituents is 2. The van der Waals surface area contributed by atoms with Crippen LogP contribution in [-0.2, 0) is 22.8 Å². The molecule has 0 aliphatic carbocycles. The van der Waals surface area contributed by atoms with Gasteiger partial charge in [0.2, 0.25) is 6.41 Å². The van der Waals surface area contributed by atoms with Crippen LogP contribution >= 0.6 is 0 Å². The Hall–Kier alpha value is -3.91. The zero-order chi connectivity index (χ0) is 20.6. The second-order valence-corrected chi connectivity index (χ2v) is 6.17. The van der Waals surface area contributed by atoms with E-state index in [2.05, 4.69) is 10.3 Å². The number of nitrogens with zero attached hydrogens (tertiary/aromatic N) is 2. The van der Waals surface area contributed by atoms with Gasteiger partial charge in [-0.3, -0.25) is 19.4 Å². The van der Waals surface area contributed by atoms with Gasteiger partial charge in [-0.1, -0.05) is 18.2 Å². The standard InChI is InChI=1S/C21H19N3O5/c25-14-24(29-13-16-2-1-9-22-11-16)12-15-3-5-17(6-4-15)21(28)23-19-8-7-18(26)10-20(19)27/h1-11,14,26-27H,12-13H2,(H,23,28). The first-order chi connectivity index (χ1) is 14.0.